The van der Waals surface area contributed by atoms with Crippen LogP contribution >= 0.6 is 11.6 Å². The molecular weight excluding hydrogens is 268 g/mol. The van der Waals surface area contributed by atoms with Gasteiger partial charge in [0.05, 0.1) is 0 Å². The number of benzene rings is 2. The quantitative estimate of drug-likeness (QED) is 0.721. The maximum atomic E-state index is 12.2. The van der Waals surface area contributed by atoms with E-state index in [1.807, 2.05) is 48.5 Å². The number of ketones is 1. The predicted molar refractivity (Wildman–Crippen MR) is 84.6 cm³/mol. The van der Waals surface area contributed by atoms with Crippen molar-refractivity contribution in [3.8, 4) is 0 Å². The van der Waals surface area contributed by atoms with E-state index >= 15 is 0 Å². The first-order chi connectivity index (χ1) is 9.36. The lowest BCUT2D eigenvalue weighted by atomic mass is 9.86. The Morgan fingerprint density at radius 3 is 2.25 bits per heavy atom. The minimum Gasteiger partial charge on any atom is -0.294 e. The molecule has 0 fully saturated rings. The third-order valence-corrected chi connectivity index (χ3v) is 3.56. The molecule has 0 unspecified atom stereocenters. The van der Waals surface area contributed by atoms with Gasteiger partial charge in [-0.1, -0.05) is 68.8 Å². The van der Waals surface area contributed by atoms with Crippen molar-refractivity contribution in [1.29, 1.82) is 0 Å². The fourth-order valence-electron chi connectivity index (χ4n) is 2.09. The molecule has 0 aliphatic rings. The zero-order valence-electron chi connectivity index (χ0n) is 12.1. The van der Waals surface area contributed by atoms with Crippen LogP contribution in [-0.2, 0) is 11.8 Å². The van der Waals surface area contributed by atoms with Crippen molar-refractivity contribution < 1.29 is 4.79 Å². The van der Waals surface area contributed by atoms with Crippen LogP contribution in [0.1, 0.15) is 42.3 Å². The Morgan fingerprint density at radius 2 is 1.70 bits per heavy atom. The predicted octanol–water partition coefficient (Wildman–Crippen LogP) is 5.06. The van der Waals surface area contributed by atoms with Gasteiger partial charge >= 0.3 is 0 Å². The topological polar surface area (TPSA) is 17.1 Å². The summed E-state index contributed by atoms with van der Waals surface area (Å²) in [5.41, 5.74) is 3.03. The van der Waals surface area contributed by atoms with Gasteiger partial charge in [0.15, 0.2) is 5.78 Å². The molecule has 0 saturated heterocycles. The van der Waals surface area contributed by atoms with E-state index in [2.05, 4.69) is 20.8 Å². The second kappa shape index (κ2) is 5.80. The molecule has 2 rings (SSSR count). The molecule has 0 saturated carbocycles. The first-order valence-electron chi connectivity index (χ1n) is 6.74. The summed E-state index contributed by atoms with van der Waals surface area (Å²) in [6.45, 7) is 6.49. The summed E-state index contributed by atoms with van der Waals surface area (Å²) in [5.74, 6) is 0.118. The van der Waals surface area contributed by atoms with Crippen molar-refractivity contribution in [2.24, 2.45) is 0 Å². The van der Waals surface area contributed by atoms with E-state index in [-0.39, 0.29) is 11.2 Å². The Hall–Kier alpha value is -1.60. The maximum Gasteiger partial charge on any atom is 0.167 e. The van der Waals surface area contributed by atoms with Crippen LogP contribution in [0.4, 0.5) is 0 Å². The number of hydrogen-bond donors (Lipinski definition) is 0. The number of halogens is 1. The van der Waals surface area contributed by atoms with Gasteiger partial charge in [-0.25, -0.2) is 0 Å². The average Bonchev–Trinajstić information content (AvgIpc) is 2.38. The largest absolute Gasteiger partial charge is 0.294 e. The third-order valence-electron chi connectivity index (χ3n) is 3.33. The normalized spacial score (nSPS) is 11.4. The lowest BCUT2D eigenvalue weighted by Gasteiger charge is -2.19. The molecule has 0 atom stereocenters. The van der Waals surface area contributed by atoms with Crippen LogP contribution in [0.3, 0.4) is 0 Å². The molecule has 2 aromatic carbocycles. The van der Waals surface area contributed by atoms with Gasteiger partial charge in [-0.2, -0.15) is 0 Å². The molecule has 1 nitrogen and oxygen atoms in total. The van der Waals surface area contributed by atoms with Crippen molar-refractivity contribution in [1.82, 2.24) is 0 Å². The third kappa shape index (κ3) is 3.71. The summed E-state index contributed by atoms with van der Waals surface area (Å²) in [4.78, 5) is 12.2. The zero-order valence-corrected chi connectivity index (χ0v) is 12.9. The summed E-state index contributed by atoms with van der Waals surface area (Å²) in [6, 6.07) is 15.3. The minimum atomic E-state index is 0.106. The van der Waals surface area contributed by atoms with E-state index in [4.69, 9.17) is 11.6 Å². The highest BCUT2D eigenvalue weighted by Gasteiger charge is 2.14. The van der Waals surface area contributed by atoms with E-state index in [1.165, 1.54) is 5.56 Å². The Bertz CT molecular complexity index is 606. The van der Waals surface area contributed by atoms with Crippen LogP contribution < -0.4 is 0 Å². The first kappa shape index (κ1) is 14.8. The summed E-state index contributed by atoms with van der Waals surface area (Å²) in [5, 5.41) is 0.665. The Balaban J connectivity index is 2.14. The molecule has 0 N–H and O–H groups in total. The van der Waals surface area contributed by atoms with Gasteiger partial charge < -0.3 is 0 Å². The van der Waals surface area contributed by atoms with E-state index in [0.29, 0.717) is 11.4 Å². The molecule has 2 heteroatoms. The van der Waals surface area contributed by atoms with Crippen molar-refractivity contribution in [2.45, 2.75) is 32.6 Å². The van der Waals surface area contributed by atoms with Gasteiger partial charge in [0.25, 0.3) is 0 Å². The summed E-state index contributed by atoms with van der Waals surface area (Å²) >= 11 is 5.93. The molecule has 0 aliphatic heterocycles. The molecule has 0 bridgehead atoms. The molecule has 104 valence electrons. The minimum absolute atomic E-state index is 0.106. The Morgan fingerprint density at radius 1 is 1.05 bits per heavy atom. The second-order valence-corrected chi connectivity index (χ2v) is 6.49. The van der Waals surface area contributed by atoms with Gasteiger partial charge in [0.2, 0.25) is 0 Å². The molecule has 0 amide bonds. The smallest absolute Gasteiger partial charge is 0.167 e. The monoisotopic (exact) mass is 286 g/mol. The number of hydrogen-bond acceptors (Lipinski definition) is 1. The van der Waals surface area contributed by atoms with Crippen LogP contribution in [0.25, 0.3) is 0 Å². The summed E-state index contributed by atoms with van der Waals surface area (Å²) in [6.07, 6.45) is 0.384. The van der Waals surface area contributed by atoms with Crippen molar-refractivity contribution in [2.75, 3.05) is 0 Å². The summed E-state index contributed by atoms with van der Waals surface area (Å²) < 4.78 is 0. The Kier molecular flexibility index (Phi) is 4.29. The van der Waals surface area contributed by atoms with E-state index < -0.39 is 0 Å². The number of carbonyl (C=O) groups excluding carboxylic acids is 1. The van der Waals surface area contributed by atoms with Crippen molar-refractivity contribution in [3.05, 3.63) is 70.2 Å². The highest BCUT2D eigenvalue weighted by Crippen LogP contribution is 2.22. The highest BCUT2D eigenvalue weighted by molar-refractivity contribution is 6.30. The van der Waals surface area contributed by atoms with Gasteiger partial charge in [-0.05, 0) is 28.7 Å². The van der Waals surface area contributed by atoms with Crippen LogP contribution in [0, 0.1) is 0 Å². The lowest BCUT2D eigenvalue weighted by Crippen LogP contribution is -2.11. The van der Waals surface area contributed by atoms with Crippen LogP contribution in [-0.4, -0.2) is 5.78 Å². The maximum absolute atomic E-state index is 12.2. The SMILES string of the molecule is CC(C)(C)c1ccc(C(=O)Cc2cccc(Cl)c2)cc1. The molecule has 0 aromatic heterocycles. The molecule has 0 aliphatic carbocycles. The second-order valence-electron chi connectivity index (χ2n) is 6.06. The molecule has 0 radical (unpaired) electrons. The van der Waals surface area contributed by atoms with Crippen LogP contribution in [0.2, 0.25) is 5.02 Å². The molecule has 0 heterocycles. The number of rotatable bonds is 3. The van der Waals surface area contributed by atoms with E-state index in [1.54, 1.807) is 0 Å². The number of Topliss-reactive ketones (excluding diaryl/α,β-unsaturated/α-hetero) is 1. The van der Waals surface area contributed by atoms with Gasteiger partial charge in [-0.15, -0.1) is 0 Å². The Labute approximate surface area is 125 Å². The van der Waals surface area contributed by atoms with Gasteiger partial charge in [-0.3, -0.25) is 4.79 Å². The first-order valence-corrected chi connectivity index (χ1v) is 7.12. The van der Waals surface area contributed by atoms with Crippen molar-refractivity contribution >= 4 is 17.4 Å². The van der Waals surface area contributed by atoms with Gasteiger partial charge in [0, 0.05) is 17.0 Å². The molecule has 20 heavy (non-hydrogen) atoms. The molecule has 2 aromatic rings. The average molecular weight is 287 g/mol. The summed E-state index contributed by atoms with van der Waals surface area (Å²) in [7, 11) is 0. The molecular formula is C18H19ClO. The standard InChI is InChI=1S/C18H19ClO/c1-18(2,3)15-9-7-14(8-10-15)17(20)12-13-5-4-6-16(19)11-13/h4-11H,12H2,1-3H3. The van der Waals surface area contributed by atoms with Crippen molar-refractivity contribution in [3.63, 3.8) is 0 Å². The van der Waals surface area contributed by atoms with E-state index in [9.17, 15) is 4.79 Å². The highest BCUT2D eigenvalue weighted by atomic mass is 35.5. The lowest BCUT2D eigenvalue weighted by molar-refractivity contribution is 0.0993. The zero-order chi connectivity index (χ0) is 14.8. The van der Waals surface area contributed by atoms with Crippen LogP contribution in [0.15, 0.2) is 48.5 Å². The number of carbonyl (C=O) groups is 1. The fourth-order valence-corrected chi connectivity index (χ4v) is 2.30. The van der Waals surface area contributed by atoms with E-state index in [0.717, 1.165) is 11.1 Å². The van der Waals surface area contributed by atoms with Crippen LogP contribution in [0.5, 0.6) is 0 Å². The van der Waals surface area contributed by atoms with Gasteiger partial charge in [0.1, 0.15) is 0 Å². The molecule has 0 spiro atoms. The fraction of sp³-hybridized carbons (Fsp3) is 0.278.